The molecular weight excluding hydrogens is 376 g/mol. The Labute approximate surface area is 178 Å². The van der Waals surface area contributed by atoms with Gasteiger partial charge < -0.3 is 15.4 Å². The Balaban J connectivity index is 1.50. The predicted octanol–water partition coefficient (Wildman–Crippen LogP) is 3.51. The van der Waals surface area contributed by atoms with Crippen LogP contribution in [-0.4, -0.2) is 39.8 Å². The van der Waals surface area contributed by atoms with Gasteiger partial charge in [-0.2, -0.15) is 0 Å². The highest BCUT2D eigenvalue weighted by atomic mass is 16.5. The first-order valence-electron chi connectivity index (χ1n) is 10.4. The van der Waals surface area contributed by atoms with E-state index >= 15 is 0 Å². The minimum Gasteiger partial charge on any atom is -0.488 e. The lowest BCUT2D eigenvalue weighted by Crippen LogP contribution is -2.37. The standard InChI is InChI=1S/C23H32N6O/c1-17-11-12-18(19(15-17)30-23(2,3)4)16-26-22(24-5)25-13-8-10-21-28-27-20-9-6-7-14-29(20)21/h6-7,9,11-12,14-15H,8,10,13,16H2,1-5H3,(H2,24,25,26). The zero-order chi connectivity index (χ0) is 21.6. The van der Waals surface area contributed by atoms with Gasteiger partial charge in [0.25, 0.3) is 0 Å². The Morgan fingerprint density at radius 1 is 1.13 bits per heavy atom. The molecule has 0 radical (unpaired) electrons. The Morgan fingerprint density at radius 3 is 2.73 bits per heavy atom. The monoisotopic (exact) mass is 408 g/mol. The second-order valence-corrected chi connectivity index (χ2v) is 8.33. The predicted molar refractivity (Wildman–Crippen MR) is 121 cm³/mol. The fourth-order valence-electron chi connectivity index (χ4n) is 3.15. The van der Waals surface area contributed by atoms with E-state index in [0.29, 0.717) is 6.54 Å². The van der Waals surface area contributed by atoms with Gasteiger partial charge in [-0.15, -0.1) is 10.2 Å². The molecule has 1 aromatic carbocycles. The number of aryl methyl sites for hydroxylation is 2. The molecule has 0 fully saturated rings. The number of guanidine groups is 1. The zero-order valence-electron chi connectivity index (χ0n) is 18.6. The van der Waals surface area contributed by atoms with Crippen molar-refractivity contribution < 1.29 is 4.74 Å². The molecular formula is C23H32N6O. The van der Waals surface area contributed by atoms with Crippen molar-refractivity contribution >= 4 is 11.6 Å². The highest BCUT2D eigenvalue weighted by molar-refractivity contribution is 5.79. The topological polar surface area (TPSA) is 75.8 Å². The van der Waals surface area contributed by atoms with Crippen LogP contribution in [0.25, 0.3) is 5.65 Å². The smallest absolute Gasteiger partial charge is 0.191 e. The Hall–Kier alpha value is -3.09. The van der Waals surface area contributed by atoms with Gasteiger partial charge in [0.1, 0.15) is 17.2 Å². The van der Waals surface area contributed by atoms with Crippen LogP contribution in [0.4, 0.5) is 0 Å². The van der Waals surface area contributed by atoms with Crippen molar-refractivity contribution in [3.8, 4) is 5.75 Å². The van der Waals surface area contributed by atoms with Crippen LogP contribution in [0.3, 0.4) is 0 Å². The molecule has 0 aliphatic carbocycles. The first-order chi connectivity index (χ1) is 14.4. The van der Waals surface area contributed by atoms with E-state index in [1.165, 1.54) is 5.56 Å². The Morgan fingerprint density at radius 2 is 1.97 bits per heavy atom. The van der Waals surface area contributed by atoms with Crippen molar-refractivity contribution in [3.63, 3.8) is 0 Å². The number of fused-ring (bicyclic) bond motifs is 1. The Kier molecular flexibility index (Phi) is 6.92. The molecule has 7 heteroatoms. The van der Waals surface area contributed by atoms with Gasteiger partial charge >= 0.3 is 0 Å². The summed E-state index contributed by atoms with van der Waals surface area (Å²) in [6.45, 7) is 9.69. The molecule has 0 aliphatic rings. The highest BCUT2D eigenvalue weighted by Gasteiger charge is 2.15. The van der Waals surface area contributed by atoms with Gasteiger partial charge in [-0.25, -0.2) is 0 Å². The molecule has 0 bridgehead atoms. The number of hydrogen-bond acceptors (Lipinski definition) is 4. The lowest BCUT2D eigenvalue weighted by molar-refractivity contribution is 0.129. The van der Waals surface area contributed by atoms with E-state index in [2.05, 4.69) is 71.7 Å². The van der Waals surface area contributed by atoms with E-state index in [0.717, 1.165) is 48.1 Å². The molecule has 160 valence electrons. The lowest BCUT2D eigenvalue weighted by Gasteiger charge is -2.24. The van der Waals surface area contributed by atoms with Crippen molar-refractivity contribution in [1.82, 2.24) is 25.2 Å². The van der Waals surface area contributed by atoms with E-state index in [1.54, 1.807) is 7.05 Å². The van der Waals surface area contributed by atoms with Gasteiger partial charge in [-0.1, -0.05) is 18.2 Å². The second kappa shape index (κ2) is 9.61. The van der Waals surface area contributed by atoms with Crippen molar-refractivity contribution in [1.29, 1.82) is 0 Å². The Bertz CT molecular complexity index is 1000. The van der Waals surface area contributed by atoms with E-state index in [1.807, 2.05) is 28.8 Å². The summed E-state index contributed by atoms with van der Waals surface area (Å²) in [5.74, 6) is 2.64. The van der Waals surface area contributed by atoms with Gasteiger partial charge in [0.05, 0.1) is 0 Å². The second-order valence-electron chi connectivity index (χ2n) is 8.33. The number of pyridine rings is 1. The van der Waals surface area contributed by atoms with Crippen LogP contribution in [0.2, 0.25) is 0 Å². The average molecular weight is 409 g/mol. The SMILES string of the molecule is CN=C(NCCCc1nnc2ccccn12)NCc1ccc(C)cc1OC(C)(C)C. The zero-order valence-corrected chi connectivity index (χ0v) is 18.6. The van der Waals surface area contributed by atoms with Crippen LogP contribution in [-0.2, 0) is 13.0 Å². The molecule has 0 unspecified atom stereocenters. The number of nitrogens with zero attached hydrogens (tertiary/aromatic N) is 4. The number of benzene rings is 1. The third kappa shape index (κ3) is 5.95. The fraction of sp³-hybridized carbons (Fsp3) is 0.435. The quantitative estimate of drug-likeness (QED) is 0.355. The summed E-state index contributed by atoms with van der Waals surface area (Å²) in [4.78, 5) is 4.33. The van der Waals surface area contributed by atoms with E-state index < -0.39 is 0 Å². The van der Waals surface area contributed by atoms with E-state index in [4.69, 9.17) is 4.74 Å². The van der Waals surface area contributed by atoms with Crippen molar-refractivity contribution in [3.05, 3.63) is 59.5 Å². The number of ether oxygens (including phenoxy) is 1. The molecule has 2 aromatic heterocycles. The molecule has 0 saturated carbocycles. The summed E-state index contributed by atoms with van der Waals surface area (Å²) in [5.41, 5.74) is 2.92. The molecule has 0 amide bonds. The molecule has 3 aromatic rings. The normalized spacial score (nSPS) is 12.2. The first kappa shape index (κ1) is 21.6. The largest absolute Gasteiger partial charge is 0.488 e. The molecule has 0 spiro atoms. The summed E-state index contributed by atoms with van der Waals surface area (Å²) in [5, 5.41) is 15.2. The maximum atomic E-state index is 6.14. The number of nitrogens with one attached hydrogen (secondary N) is 2. The van der Waals surface area contributed by atoms with Crippen molar-refractivity contribution in [2.75, 3.05) is 13.6 Å². The number of aliphatic imine (C=N–C) groups is 1. The fourth-order valence-corrected chi connectivity index (χ4v) is 3.15. The third-order valence-corrected chi connectivity index (χ3v) is 4.56. The van der Waals surface area contributed by atoms with E-state index in [-0.39, 0.29) is 5.60 Å². The maximum Gasteiger partial charge on any atom is 0.191 e. The third-order valence-electron chi connectivity index (χ3n) is 4.56. The number of hydrogen-bond donors (Lipinski definition) is 2. The summed E-state index contributed by atoms with van der Waals surface area (Å²) in [6, 6.07) is 12.2. The molecule has 3 rings (SSSR count). The molecule has 30 heavy (non-hydrogen) atoms. The van der Waals surface area contributed by atoms with Crippen molar-refractivity contribution in [2.24, 2.45) is 4.99 Å². The maximum absolute atomic E-state index is 6.14. The van der Waals surface area contributed by atoms with Crippen LogP contribution in [0.5, 0.6) is 5.75 Å². The van der Waals surface area contributed by atoms with Crippen molar-refractivity contribution in [2.45, 2.75) is 52.7 Å². The van der Waals surface area contributed by atoms with Gasteiger partial charge in [0.15, 0.2) is 11.6 Å². The van der Waals surface area contributed by atoms with Gasteiger partial charge in [0, 0.05) is 38.3 Å². The molecule has 0 aliphatic heterocycles. The summed E-state index contributed by atoms with van der Waals surface area (Å²) in [7, 11) is 1.78. The summed E-state index contributed by atoms with van der Waals surface area (Å²) in [6.07, 6.45) is 3.77. The lowest BCUT2D eigenvalue weighted by atomic mass is 10.1. The molecule has 0 atom stereocenters. The highest BCUT2D eigenvalue weighted by Crippen LogP contribution is 2.24. The molecule has 2 N–H and O–H groups in total. The number of aromatic nitrogens is 3. The van der Waals surface area contributed by atoms with Crippen LogP contribution in [0.1, 0.15) is 44.1 Å². The molecule has 7 nitrogen and oxygen atoms in total. The van der Waals surface area contributed by atoms with Gasteiger partial charge in [-0.05, 0) is 57.9 Å². The van der Waals surface area contributed by atoms with Crippen LogP contribution in [0.15, 0.2) is 47.6 Å². The van der Waals surface area contributed by atoms with Gasteiger partial charge in [0.2, 0.25) is 0 Å². The van der Waals surface area contributed by atoms with Crippen LogP contribution < -0.4 is 15.4 Å². The molecule has 0 saturated heterocycles. The van der Waals surface area contributed by atoms with Gasteiger partial charge in [-0.3, -0.25) is 9.39 Å². The van der Waals surface area contributed by atoms with E-state index in [9.17, 15) is 0 Å². The summed E-state index contributed by atoms with van der Waals surface area (Å²) >= 11 is 0. The minimum atomic E-state index is -0.242. The van der Waals surface area contributed by atoms with Crippen LogP contribution >= 0.6 is 0 Å². The van der Waals surface area contributed by atoms with Crippen LogP contribution in [0, 0.1) is 6.92 Å². The summed E-state index contributed by atoms with van der Waals surface area (Å²) < 4.78 is 8.17. The first-order valence-corrected chi connectivity index (χ1v) is 10.4. The minimum absolute atomic E-state index is 0.242. The molecule has 2 heterocycles. The average Bonchev–Trinajstić information content (AvgIpc) is 3.10. The number of rotatable bonds is 7.